The Morgan fingerprint density at radius 2 is 1.69 bits per heavy atom. The lowest BCUT2D eigenvalue weighted by molar-refractivity contribution is 0.268. The minimum absolute atomic E-state index is 0.0300. The Balaban J connectivity index is 1.58. The van der Waals surface area contributed by atoms with E-state index in [2.05, 4.69) is 0 Å². The number of benzene rings is 2. The second-order valence-corrected chi connectivity index (χ2v) is 9.07. The number of thiocarbonyl (C=S) groups is 1. The van der Waals surface area contributed by atoms with Crippen LogP contribution < -0.4 is 10.0 Å². The molecule has 0 unspecified atom stereocenters. The number of para-hydroxylation sites is 1. The summed E-state index contributed by atoms with van der Waals surface area (Å²) < 4.78 is 28.6. The Labute approximate surface area is 177 Å². The molecule has 4 rings (SSSR count). The Hall–Kier alpha value is -2.72. The molecule has 1 amide bonds. The van der Waals surface area contributed by atoms with Crippen molar-refractivity contribution in [2.45, 2.75) is 4.90 Å². The zero-order valence-corrected chi connectivity index (χ0v) is 17.3. The number of nitrogens with two attached hydrogens (primary N) is 1. The first-order valence-electron chi connectivity index (χ1n) is 8.39. The fourth-order valence-corrected chi connectivity index (χ4v) is 4.57. The topological polar surface area (TPSA) is 93.6 Å². The summed E-state index contributed by atoms with van der Waals surface area (Å²) in [6.45, 7) is 0. The van der Waals surface area contributed by atoms with Gasteiger partial charge in [-0.05, 0) is 66.4 Å². The number of carbonyl (C=O) groups is 1. The van der Waals surface area contributed by atoms with Crippen molar-refractivity contribution in [3.8, 4) is 11.3 Å². The molecule has 2 N–H and O–H groups in total. The van der Waals surface area contributed by atoms with Crippen LogP contribution in [0.15, 0.2) is 80.9 Å². The van der Waals surface area contributed by atoms with E-state index in [9.17, 15) is 13.2 Å². The molecule has 1 aliphatic heterocycles. The highest BCUT2D eigenvalue weighted by Crippen LogP contribution is 2.37. The van der Waals surface area contributed by atoms with Crippen molar-refractivity contribution in [2.75, 3.05) is 4.90 Å². The van der Waals surface area contributed by atoms with Gasteiger partial charge in [0.1, 0.15) is 16.5 Å². The zero-order chi connectivity index (χ0) is 20.6. The molecule has 1 fully saturated rings. The lowest BCUT2D eigenvalue weighted by atomic mass is 10.2. The van der Waals surface area contributed by atoms with Crippen LogP contribution in [0, 0.1) is 0 Å². The fourth-order valence-electron chi connectivity index (χ4n) is 2.79. The Kier molecular flexibility index (Phi) is 5.13. The summed E-state index contributed by atoms with van der Waals surface area (Å²) in [5, 5.41) is 4.94. The fraction of sp³-hybridized carbons (Fsp3) is 0. The van der Waals surface area contributed by atoms with E-state index < -0.39 is 10.0 Å². The van der Waals surface area contributed by atoms with Gasteiger partial charge in [0, 0.05) is 5.56 Å². The van der Waals surface area contributed by atoms with Gasteiger partial charge in [-0.2, -0.15) is 0 Å². The van der Waals surface area contributed by atoms with Gasteiger partial charge in [-0.1, -0.05) is 30.4 Å². The maximum Gasteiger partial charge on any atom is 0.296 e. The van der Waals surface area contributed by atoms with Gasteiger partial charge < -0.3 is 4.42 Å². The lowest BCUT2D eigenvalue weighted by Gasteiger charge is -2.14. The summed E-state index contributed by atoms with van der Waals surface area (Å²) >= 11 is 6.52. The normalized spacial score (nSPS) is 16.0. The number of primary sulfonamides is 1. The number of hydrogen-bond acceptors (Lipinski definition) is 6. The third kappa shape index (κ3) is 4.03. The number of carbonyl (C=O) groups excluding carboxylic acids is 1. The third-order valence-electron chi connectivity index (χ3n) is 4.18. The van der Waals surface area contributed by atoms with Crippen LogP contribution in [0.2, 0.25) is 0 Å². The molecule has 0 saturated carbocycles. The summed E-state index contributed by atoms with van der Waals surface area (Å²) in [6, 6.07) is 18.8. The minimum Gasteiger partial charge on any atom is -0.457 e. The molecule has 146 valence electrons. The van der Waals surface area contributed by atoms with E-state index >= 15 is 0 Å². The Morgan fingerprint density at radius 1 is 1.00 bits per heavy atom. The minimum atomic E-state index is -3.75. The van der Waals surface area contributed by atoms with Crippen LogP contribution in [0.4, 0.5) is 10.5 Å². The van der Waals surface area contributed by atoms with Crippen molar-refractivity contribution in [3.05, 3.63) is 77.4 Å². The highest BCUT2D eigenvalue weighted by molar-refractivity contribution is 8.20. The summed E-state index contributed by atoms with van der Waals surface area (Å²) in [4.78, 5) is 15.0. The molecule has 0 spiro atoms. The number of hydrogen-bond donors (Lipinski definition) is 1. The van der Waals surface area contributed by atoms with Gasteiger partial charge in [0.05, 0.1) is 15.5 Å². The average Bonchev–Trinajstić information content (AvgIpc) is 3.27. The Morgan fingerprint density at radius 3 is 2.34 bits per heavy atom. The van der Waals surface area contributed by atoms with Crippen molar-refractivity contribution in [1.82, 2.24) is 0 Å². The van der Waals surface area contributed by atoms with E-state index in [0.717, 1.165) is 11.8 Å². The summed E-state index contributed by atoms with van der Waals surface area (Å²) in [5.41, 5.74) is 1.42. The zero-order valence-electron chi connectivity index (χ0n) is 14.8. The van der Waals surface area contributed by atoms with Crippen LogP contribution >= 0.6 is 24.0 Å². The number of rotatable bonds is 4. The second kappa shape index (κ2) is 7.60. The first-order chi connectivity index (χ1) is 13.8. The molecule has 1 aromatic heterocycles. The van der Waals surface area contributed by atoms with Gasteiger partial charge in [0.2, 0.25) is 10.0 Å². The van der Waals surface area contributed by atoms with Crippen LogP contribution in [0.25, 0.3) is 17.4 Å². The molecule has 29 heavy (non-hydrogen) atoms. The van der Waals surface area contributed by atoms with E-state index in [4.69, 9.17) is 21.8 Å². The van der Waals surface area contributed by atoms with Gasteiger partial charge in [-0.25, -0.2) is 13.6 Å². The highest BCUT2D eigenvalue weighted by atomic mass is 32.2. The molecule has 0 radical (unpaired) electrons. The maximum absolute atomic E-state index is 12.4. The molecule has 1 aliphatic rings. The number of thioether (sulfide) groups is 1. The molecule has 2 heterocycles. The van der Waals surface area contributed by atoms with Crippen molar-refractivity contribution in [2.24, 2.45) is 5.14 Å². The molecular formula is C20H14N2O4S3. The predicted molar refractivity (Wildman–Crippen MR) is 118 cm³/mol. The van der Waals surface area contributed by atoms with E-state index in [0.29, 0.717) is 32.7 Å². The predicted octanol–water partition coefficient (Wildman–Crippen LogP) is 4.64. The van der Waals surface area contributed by atoms with E-state index in [1.165, 1.54) is 17.0 Å². The standard InChI is InChI=1S/C20H14N2O4S3/c21-29(24,25)16-9-6-13(7-10-16)17-11-8-15(26-17)12-18-19(27)22(20(23)28-18)14-4-2-1-3-5-14/h1-12H,(H2,21,24,25). The monoisotopic (exact) mass is 442 g/mol. The summed E-state index contributed by atoms with van der Waals surface area (Å²) in [7, 11) is -3.75. The van der Waals surface area contributed by atoms with Crippen LogP contribution in [-0.2, 0) is 10.0 Å². The largest absolute Gasteiger partial charge is 0.457 e. The molecule has 1 saturated heterocycles. The first-order valence-corrected chi connectivity index (χ1v) is 11.2. The first kappa shape index (κ1) is 19.6. The number of nitrogens with zero attached hydrogens (tertiary/aromatic N) is 1. The van der Waals surface area contributed by atoms with E-state index in [-0.39, 0.29) is 10.1 Å². The molecule has 2 aromatic carbocycles. The van der Waals surface area contributed by atoms with Crippen LogP contribution in [0.5, 0.6) is 0 Å². The van der Waals surface area contributed by atoms with E-state index in [1.807, 2.05) is 30.3 Å². The maximum atomic E-state index is 12.4. The van der Waals surface area contributed by atoms with E-state index in [1.54, 1.807) is 30.3 Å². The quantitative estimate of drug-likeness (QED) is 0.467. The highest BCUT2D eigenvalue weighted by Gasteiger charge is 2.33. The van der Waals surface area contributed by atoms with Gasteiger partial charge in [-0.3, -0.25) is 9.69 Å². The van der Waals surface area contributed by atoms with Crippen molar-refractivity contribution in [1.29, 1.82) is 0 Å². The molecule has 3 aromatic rings. The number of sulfonamides is 1. The summed E-state index contributed by atoms with van der Waals surface area (Å²) in [5.74, 6) is 1.08. The smallest absolute Gasteiger partial charge is 0.296 e. The molecule has 0 atom stereocenters. The van der Waals surface area contributed by atoms with Crippen molar-refractivity contribution < 1.29 is 17.6 Å². The Bertz CT molecular complexity index is 1230. The van der Waals surface area contributed by atoms with Crippen LogP contribution in [-0.4, -0.2) is 18.6 Å². The summed E-state index contributed by atoms with van der Waals surface area (Å²) in [6.07, 6.45) is 1.72. The van der Waals surface area contributed by atoms with Gasteiger partial charge in [0.15, 0.2) is 0 Å². The van der Waals surface area contributed by atoms with Crippen molar-refractivity contribution >= 4 is 56.0 Å². The number of anilines is 1. The van der Waals surface area contributed by atoms with Gasteiger partial charge >= 0.3 is 0 Å². The molecule has 0 bridgehead atoms. The van der Waals surface area contributed by atoms with Crippen molar-refractivity contribution in [3.63, 3.8) is 0 Å². The molecular weight excluding hydrogens is 428 g/mol. The van der Waals surface area contributed by atoms with Crippen LogP contribution in [0.1, 0.15) is 5.76 Å². The SMILES string of the molecule is NS(=O)(=O)c1ccc(-c2ccc(C=C3SC(=O)N(c4ccccc4)C3=S)o2)cc1. The molecule has 9 heteroatoms. The third-order valence-corrected chi connectivity index (χ3v) is 6.52. The molecule has 0 aliphatic carbocycles. The number of furan rings is 1. The lowest BCUT2D eigenvalue weighted by Crippen LogP contribution is -2.26. The second-order valence-electron chi connectivity index (χ2n) is 6.12. The average molecular weight is 443 g/mol. The van der Waals surface area contributed by atoms with Gasteiger partial charge in [-0.15, -0.1) is 0 Å². The van der Waals surface area contributed by atoms with Crippen LogP contribution in [0.3, 0.4) is 0 Å². The molecule has 6 nitrogen and oxygen atoms in total. The number of amides is 1. The van der Waals surface area contributed by atoms with Gasteiger partial charge in [0.25, 0.3) is 5.24 Å².